The van der Waals surface area contributed by atoms with Crippen molar-refractivity contribution in [3.8, 4) is 5.75 Å². The molecule has 5 heteroatoms. The van der Waals surface area contributed by atoms with Gasteiger partial charge in [0, 0.05) is 0 Å². The minimum atomic E-state index is -0.736. The molecule has 1 aromatic rings. The molecule has 19 heavy (non-hydrogen) atoms. The van der Waals surface area contributed by atoms with Gasteiger partial charge in [-0.05, 0) is 49.9 Å². The Morgan fingerprint density at radius 1 is 1.58 bits per heavy atom. The van der Waals surface area contributed by atoms with Crippen LogP contribution in [0.1, 0.15) is 31.4 Å². The number of carbonyl (C=O) groups is 1. The summed E-state index contributed by atoms with van der Waals surface area (Å²) in [4.78, 5) is 11.9. The fourth-order valence-electron chi connectivity index (χ4n) is 1.87. The van der Waals surface area contributed by atoms with E-state index in [4.69, 9.17) is 4.74 Å². The number of hydrogen-bond donors (Lipinski definition) is 2. The van der Waals surface area contributed by atoms with Crippen LogP contribution in [0.2, 0.25) is 0 Å². The van der Waals surface area contributed by atoms with E-state index in [0.29, 0.717) is 18.0 Å². The number of phenolic OH excluding ortho intramolecular Hbond substituents is 1. The molecule has 0 saturated heterocycles. The zero-order chi connectivity index (χ0) is 13.8. The highest BCUT2D eigenvalue weighted by Gasteiger charge is 2.27. The zero-order valence-corrected chi connectivity index (χ0v) is 10.9. The third-order valence-corrected chi connectivity index (χ3v) is 3.13. The quantitative estimate of drug-likeness (QED) is 0.775. The number of hydrogen-bond acceptors (Lipinski definition) is 4. The number of halogens is 1. The normalized spacial score (nSPS) is 16.1. The molecule has 1 aliphatic carbocycles. The summed E-state index contributed by atoms with van der Waals surface area (Å²) in [6.07, 6.45) is 2.32. The third-order valence-electron chi connectivity index (χ3n) is 3.13. The monoisotopic (exact) mass is 267 g/mol. The molecule has 0 aliphatic heterocycles. The fourth-order valence-corrected chi connectivity index (χ4v) is 1.87. The molecule has 2 N–H and O–H groups in total. The molecular weight excluding hydrogens is 249 g/mol. The second-order valence-electron chi connectivity index (χ2n) is 4.75. The van der Waals surface area contributed by atoms with Crippen LogP contribution in [0.4, 0.5) is 4.39 Å². The van der Waals surface area contributed by atoms with Gasteiger partial charge in [-0.15, -0.1) is 0 Å². The molecular formula is C14H18FNO3. The molecule has 1 atom stereocenters. The Kier molecular flexibility index (Phi) is 4.37. The first-order valence-electron chi connectivity index (χ1n) is 6.50. The van der Waals surface area contributed by atoms with Crippen LogP contribution in [0, 0.1) is 11.7 Å². The van der Waals surface area contributed by atoms with E-state index in [9.17, 15) is 14.3 Å². The highest BCUT2D eigenvalue weighted by molar-refractivity contribution is 5.77. The van der Waals surface area contributed by atoms with Crippen LogP contribution >= 0.6 is 0 Å². The van der Waals surface area contributed by atoms with Gasteiger partial charge in [0.05, 0.1) is 6.61 Å². The predicted octanol–water partition coefficient (Wildman–Crippen LogP) is 2.14. The van der Waals surface area contributed by atoms with E-state index in [1.165, 1.54) is 12.1 Å². The van der Waals surface area contributed by atoms with Crippen molar-refractivity contribution in [2.24, 2.45) is 5.92 Å². The average Bonchev–Trinajstić information content (AvgIpc) is 3.18. The van der Waals surface area contributed by atoms with E-state index in [0.717, 1.165) is 18.9 Å². The second-order valence-corrected chi connectivity index (χ2v) is 4.75. The van der Waals surface area contributed by atoms with E-state index in [-0.39, 0.29) is 6.61 Å². The first-order chi connectivity index (χ1) is 9.11. The lowest BCUT2D eigenvalue weighted by molar-refractivity contribution is -0.145. The number of nitrogens with one attached hydrogen (secondary N) is 1. The van der Waals surface area contributed by atoms with Crippen LogP contribution < -0.4 is 5.32 Å². The van der Waals surface area contributed by atoms with Gasteiger partial charge < -0.3 is 15.2 Å². The molecule has 104 valence electrons. The molecule has 1 saturated carbocycles. The number of aromatic hydroxyl groups is 1. The summed E-state index contributed by atoms with van der Waals surface area (Å²) in [5.41, 5.74) is 0.467. The average molecular weight is 267 g/mol. The summed E-state index contributed by atoms with van der Waals surface area (Å²) in [7, 11) is 0. The SMILES string of the molecule is CCOC(=O)C(NCC1CC1)c1ccc(O)c(F)c1. The van der Waals surface area contributed by atoms with Crippen LogP contribution in [-0.4, -0.2) is 24.2 Å². The maximum atomic E-state index is 13.4. The number of carbonyl (C=O) groups excluding carboxylic acids is 1. The summed E-state index contributed by atoms with van der Waals surface area (Å²) in [6, 6.07) is 3.25. The molecule has 0 aromatic heterocycles. The van der Waals surface area contributed by atoms with Gasteiger partial charge in [0.1, 0.15) is 6.04 Å². The summed E-state index contributed by atoms with van der Waals surface area (Å²) < 4.78 is 18.4. The molecule has 0 amide bonds. The van der Waals surface area contributed by atoms with E-state index in [1.807, 2.05) is 0 Å². The summed E-state index contributed by atoms with van der Waals surface area (Å²) in [6.45, 7) is 2.72. The number of phenols is 1. The van der Waals surface area contributed by atoms with E-state index < -0.39 is 23.6 Å². The molecule has 1 fully saturated rings. The Balaban J connectivity index is 2.13. The molecule has 1 aliphatic rings. The number of rotatable bonds is 6. The fraction of sp³-hybridized carbons (Fsp3) is 0.500. The number of esters is 1. The topological polar surface area (TPSA) is 58.6 Å². The Morgan fingerprint density at radius 2 is 2.32 bits per heavy atom. The number of ether oxygens (including phenoxy) is 1. The largest absolute Gasteiger partial charge is 0.505 e. The highest BCUT2D eigenvalue weighted by atomic mass is 19.1. The van der Waals surface area contributed by atoms with Gasteiger partial charge in [0.2, 0.25) is 0 Å². The standard InChI is InChI=1S/C14H18FNO3/c1-2-19-14(18)13(16-8-9-3-4-9)10-5-6-12(17)11(15)7-10/h5-7,9,13,16-17H,2-4,8H2,1H3. The Morgan fingerprint density at radius 3 is 2.89 bits per heavy atom. The van der Waals surface area contributed by atoms with E-state index >= 15 is 0 Å². The van der Waals surface area contributed by atoms with Crippen molar-refractivity contribution in [1.82, 2.24) is 5.32 Å². The smallest absolute Gasteiger partial charge is 0.327 e. The summed E-state index contributed by atoms with van der Waals surface area (Å²) in [5, 5.41) is 12.3. The van der Waals surface area contributed by atoms with Gasteiger partial charge >= 0.3 is 5.97 Å². The van der Waals surface area contributed by atoms with Crippen LogP contribution in [0.3, 0.4) is 0 Å². The Bertz CT molecular complexity index is 460. The first kappa shape index (κ1) is 13.8. The van der Waals surface area contributed by atoms with Crippen molar-refractivity contribution in [3.63, 3.8) is 0 Å². The minimum absolute atomic E-state index is 0.279. The van der Waals surface area contributed by atoms with Crippen LogP contribution in [0.15, 0.2) is 18.2 Å². The van der Waals surface area contributed by atoms with Crippen molar-refractivity contribution in [2.75, 3.05) is 13.2 Å². The molecule has 0 bridgehead atoms. The predicted molar refractivity (Wildman–Crippen MR) is 68.2 cm³/mol. The lowest BCUT2D eigenvalue weighted by Gasteiger charge is -2.17. The van der Waals surface area contributed by atoms with Crippen molar-refractivity contribution in [1.29, 1.82) is 0 Å². The molecule has 0 heterocycles. The van der Waals surface area contributed by atoms with Crippen molar-refractivity contribution < 1.29 is 19.0 Å². The summed E-state index contributed by atoms with van der Waals surface area (Å²) >= 11 is 0. The highest BCUT2D eigenvalue weighted by Crippen LogP contribution is 2.29. The van der Waals surface area contributed by atoms with Crippen molar-refractivity contribution >= 4 is 5.97 Å². The first-order valence-corrected chi connectivity index (χ1v) is 6.50. The molecule has 1 unspecified atom stereocenters. The van der Waals surface area contributed by atoms with Gasteiger partial charge in [-0.25, -0.2) is 9.18 Å². The number of benzene rings is 1. The third kappa shape index (κ3) is 3.67. The van der Waals surface area contributed by atoms with Gasteiger partial charge in [0.25, 0.3) is 0 Å². The van der Waals surface area contributed by atoms with Gasteiger partial charge in [0.15, 0.2) is 11.6 Å². The molecule has 0 radical (unpaired) electrons. The van der Waals surface area contributed by atoms with Crippen LogP contribution in [0.5, 0.6) is 5.75 Å². The van der Waals surface area contributed by atoms with E-state index in [2.05, 4.69) is 5.32 Å². The van der Waals surface area contributed by atoms with E-state index in [1.54, 1.807) is 6.92 Å². The Hall–Kier alpha value is -1.62. The minimum Gasteiger partial charge on any atom is -0.505 e. The van der Waals surface area contributed by atoms with Gasteiger partial charge in [-0.3, -0.25) is 0 Å². The second kappa shape index (κ2) is 6.02. The maximum absolute atomic E-state index is 13.4. The molecule has 1 aromatic carbocycles. The Labute approximate surface area is 111 Å². The molecule has 2 rings (SSSR count). The van der Waals surface area contributed by atoms with Crippen LogP contribution in [-0.2, 0) is 9.53 Å². The van der Waals surface area contributed by atoms with Crippen LogP contribution in [0.25, 0.3) is 0 Å². The van der Waals surface area contributed by atoms with Gasteiger partial charge in [-0.1, -0.05) is 6.07 Å². The van der Waals surface area contributed by atoms with Crippen molar-refractivity contribution in [2.45, 2.75) is 25.8 Å². The zero-order valence-electron chi connectivity index (χ0n) is 10.9. The lowest BCUT2D eigenvalue weighted by Crippen LogP contribution is -2.31. The van der Waals surface area contributed by atoms with Gasteiger partial charge in [-0.2, -0.15) is 0 Å². The molecule has 0 spiro atoms. The molecule has 4 nitrogen and oxygen atoms in total. The summed E-state index contributed by atoms with van der Waals surface area (Å²) in [5.74, 6) is -0.985. The van der Waals surface area contributed by atoms with Crippen molar-refractivity contribution in [3.05, 3.63) is 29.6 Å². The lowest BCUT2D eigenvalue weighted by atomic mass is 10.1. The maximum Gasteiger partial charge on any atom is 0.327 e.